The summed E-state index contributed by atoms with van der Waals surface area (Å²) >= 11 is 7.05. The van der Waals surface area contributed by atoms with Gasteiger partial charge in [-0.1, -0.05) is 65.8 Å². The number of aliphatic carboxylic acids is 1. The van der Waals surface area contributed by atoms with Gasteiger partial charge in [0.2, 0.25) is 5.91 Å². The van der Waals surface area contributed by atoms with E-state index in [2.05, 4.69) is 29.6 Å². The minimum atomic E-state index is -0.937. The van der Waals surface area contributed by atoms with Crippen LogP contribution in [0.4, 0.5) is 0 Å². The number of carbonyl (C=O) groups excluding carboxylic acids is 1. The molecular formula is C18H18ClNO3S. The van der Waals surface area contributed by atoms with Crippen LogP contribution in [0.25, 0.3) is 10.8 Å². The molecule has 2 N–H and O–H groups in total. The second-order valence-electron chi connectivity index (χ2n) is 5.18. The molecule has 0 saturated heterocycles. The monoisotopic (exact) mass is 363 g/mol. The summed E-state index contributed by atoms with van der Waals surface area (Å²) in [7, 11) is 0. The van der Waals surface area contributed by atoms with Crippen LogP contribution in [0.2, 0.25) is 0 Å². The molecule has 126 valence electrons. The number of carboxylic acids is 1. The molecule has 4 nitrogen and oxygen atoms in total. The molecule has 24 heavy (non-hydrogen) atoms. The van der Waals surface area contributed by atoms with Gasteiger partial charge in [0.1, 0.15) is 0 Å². The Morgan fingerprint density at radius 3 is 2.67 bits per heavy atom. The van der Waals surface area contributed by atoms with E-state index in [0.717, 1.165) is 5.56 Å². The first-order valence-corrected chi connectivity index (χ1v) is 8.85. The van der Waals surface area contributed by atoms with Crippen molar-refractivity contribution in [3.05, 3.63) is 58.5 Å². The lowest BCUT2D eigenvalue weighted by Gasteiger charge is -2.06. The van der Waals surface area contributed by atoms with Crippen LogP contribution in [0, 0.1) is 0 Å². The fourth-order valence-electron chi connectivity index (χ4n) is 2.15. The molecule has 0 unspecified atom stereocenters. The molecule has 0 atom stereocenters. The highest BCUT2D eigenvalue weighted by Crippen LogP contribution is 2.19. The average Bonchev–Trinajstić information content (AvgIpc) is 2.58. The van der Waals surface area contributed by atoms with Crippen LogP contribution in [0.3, 0.4) is 0 Å². The molecule has 0 spiro atoms. The first-order chi connectivity index (χ1) is 11.5. The van der Waals surface area contributed by atoms with E-state index in [9.17, 15) is 9.59 Å². The van der Waals surface area contributed by atoms with Gasteiger partial charge in [-0.3, -0.25) is 9.59 Å². The van der Waals surface area contributed by atoms with E-state index in [0.29, 0.717) is 23.1 Å². The Balaban J connectivity index is 1.74. The SMILES string of the molecule is O=C(O)C/C=C(/Cl)SCNC(=O)CCc1ccc2ccccc2c1. The molecule has 0 heterocycles. The molecule has 0 aliphatic heterocycles. The van der Waals surface area contributed by atoms with Crippen molar-refractivity contribution in [2.45, 2.75) is 19.3 Å². The molecule has 0 aliphatic carbocycles. The van der Waals surface area contributed by atoms with E-state index in [-0.39, 0.29) is 12.3 Å². The van der Waals surface area contributed by atoms with Gasteiger partial charge in [0.15, 0.2) is 0 Å². The number of benzene rings is 2. The Bertz CT molecular complexity index is 761. The Labute approximate surface area is 149 Å². The average molecular weight is 364 g/mol. The highest BCUT2D eigenvalue weighted by atomic mass is 35.5. The van der Waals surface area contributed by atoms with Gasteiger partial charge in [-0.25, -0.2) is 0 Å². The van der Waals surface area contributed by atoms with Crippen LogP contribution in [-0.4, -0.2) is 22.9 Å². The number of rotatable bonds is 8. The molecular weight excluding hydrogens is 346 g/mol. The number of carboxylic acid groups (broad SMARTS) is 1. The maximum atomic E-state index is 11.8. The summed E-state index contributed by atoms with van der Waals surface area (Å²) in [5.74, 6) is -0.669. The van der Waals surface area contributed by atoms with Gasteiger partial charge < -0.3 is 10.4 Å². The number of nitrogens with one attached hydrogen (secondary N) is 1. The van der Waals surface area contributed by atoms with Crippen LogP contribution in [0.1, 0.15) is 18.4 Å². The summed E-state index contributed by atoms with van der Waals surface area (Å²) in [6, 6.07) is 14.3. The van der Waals surface area contributed by atoms with Crippen molar-refractivity contribution in [3.63, 3.8) is 0 Å². The molecule has 0 radical (unpaired) electrons. The maximum absolute atomic E-state index is 11.8. The zero-order valence-electron chi connectivity index (χ0n) is 13.0. The van der Waals surface area contributed by atoms with Gasteiger partial charge in [-0.05, 0) is 28.8 Å². The molecule has 1 amide bonds. The lowest BCUT2D eigenvalue weighted by atomic mass is 10.0. The molecule has 0 fully saturated rings. The standard InChI is InChI=1S/C18H18ClNO3S/c19-16(8-10-18(22)23)24-12-20-17(21)9-6-13-5-7-14-3-1-2-4-15(14)11-13/h1-5,7-8,11H,6,9-10,12H2,(H,20,21)(H,22,23)/b16-8-. The summed E-state index contributed by atoms with van der Waals surface area (Å²) in [6.45, 7) is 0. The summed E-state index contributed by atoms with van der Waals surface area (Å²) < 4.78 is 0.368. The second kappa shape index (κ2) is 9.35. The van der Waals surface area contributed by atoms with E-state index in [1.807, 2.05) is 18.2 Å². The summed E-state index contributed by atoms with van der Waals surface area (Å²) in [5, 5.41) is 13.7. The highest BCUT2D eigenvalue weighted by Gasteiger charge is 2.04. The van der Waals surface area contributed by atoms with Crippen LogP contribution >= 0.6 is 23.4 Å². The number of amides is 1. The second-order valence-corrected chi connectivity index (χ2v) is 6.82. The number of thioether (sulfide) groups is 1. The topological polar surface area (TPSA) is 66.4 Å². The zero-order chi connectivity index (χ0) is 17.4. The Kier molecular flexibility index (Phi) is 7.15. The fraction of sp³-hybridized carbons (Fsp3) is 0.222. The summed E-state index contributed by atoms with van der Waals surface area (Å²) in [6.07, 6.45) is 2.36. The Hall–Kier alpha value is -1.98. The van der Waals surface area contributed by atoms with Crippen LogP contribution < -0.4 is 5.32 Å². The van der Waals surface area contributed by atoms with Crippen molar-refractivity contribution >= 4 is 46.0 Å². The smallest absolute Gasteiger partial charge is 0.307 e. The molecule has 2 aromatic rings. The van der Waals surface area contributed by atoms with E-state index in [1.54, 1.807) is 0 Å². The predicted octanol–water partition coefficient (Wildman–Crippen LogP) is 4.13. The maximum Gasteiger partial charge on any atom is 0.307 e. The van der Waals surface area contributed by atoms with Crippen molar-refractivity contribution in [1.29, 1.82) is 0 Å². The third-order valence-corrected chi connectivity index (χ3v) is 4.58. The van der Waals surface area contributed by atoms with Gasteiger partial charge in [0.05, 0.1) is 16.7 Å². The fourth-order valence-corrected chi connectivity index (χ4v) is 2.97. The van der Waals surface area contributed by atoms with E-state index >= 15 is 0 Å². The van der Waals surface area contributed by atoms with Crippen LogP contribution in [0.5, 0.6) is 0 Å². The molecule has 0 saturated carbocycles. The van der Waals surface area contributed by atoms with E-state index < -0.39 is 5.97 Å². The lowest BCUT2D eigenvalue weighted by molar-refractivity contribution is -0.136. The van der Waals surface area contributed by atoms with Crippen molar-refractivity contribution in [2.24, 2.45) is 0 Å². The van der Waals surface area contributed by atoms with Crippen molar-refractivity contribution in [2.75, 3.05) is 5.88 Å². The number of fused-ring (bicyclic) bond motifs is 1. The number of aryl methyl sites for hydroxylation is 1. The van der Waals surface area contributed by atoms with Crippen LogP contribution in [-0.2, 0) is 16.0 Å². The minimum Gasteiger partial charge on any atom is -0.481 e. The molecule has 0 bridgehead atoms. The molecule has 0 aromatic heterocycles. The van der Waals surface area contributed by atoms with E-state index in [1.165, 1.54) is 28.6 Å². The quantitative estimate of drug-likeness (QED) is 0.692. The third-order valence-electron chi connectivity index (χ3n) is 3.37. The zero-order valence-corrected chi connectivity index (χ0v) is 14.6. The first-order valence-electron chi connectivity index (χ1n) is 7.49. The summed E-state index contributed by atoms with van der Waals surface area (Å²) in [4.78, 5) is 22.3. The van der Waals surface area contributed by atoms with Gasteiger partial charge in [-0.15, -0.1) is 0 Å². The first kappa shape index (κ1) is 18.4. The Morgan fingerprint density at radius 1 is 1.17 bits per heavy atom. The van der Waals surface area contributed by atoms with Gasteiger partial charge in [0.25, 0.3) is 0 Å². The van der Waals surface area contributed by atoms with Crippen molar-refractivity contribution < 1.29 is 14.7 Å². The van der Waals surface area contributed by atoms with E-state index in [4.69, 9.17) is 16.7 Å². The number of hydrogen-bond acceptors (Lipinski definition) is 3. The normalized spacial score (nSPS) is 11.5. The number of hydrogen-bond donors (Lipinski definition) is 2. The highest BCUT2D eigenvalue weighted by molar-refractivity contribution is 8.04. The van der Waals surface area contributed by atoms with Gasteiger partial charge in [-0.2, -0.15) is 0 Å². The Morgan fingerprint density at radius 2 is 1.92 bits per heavy atom. The van der Waals surface area contributed by atoms with Crippen LogP contribution in [0.15, 0.2) is 52.9 Å². The number of carbonyl (C=O) groups is 2. The molecule has 2 rings (SSSR count). The lowest BCUT2D eigenvalue weighted by Crippen LogP contribution is -2.22. The largest absolute Gasteiger partial charge is 0.481 e. The van der Waals surface area contributed by atoms with Crippen molar-refractivity contribution in [3.8, 4) is 0 Å². The van der Waals surface area contributed by atoms with Crippen molar-refractivity contribution in [1.82, 2.24) is 5.32 Å². The van der Waals surface area contributed by atoms with Gasteiger partial charge >= 0.3 is 5.97 Å². The third kappa shape index (κ3) is 6.26. The minimum absolute atomic E-state index is 0.0571. The molecule has 6 heteroatoms. The summed E-state index contributed by atoms with van der Waals surface area (Å²) in [5.41, 5.74) is 1.12. The van der Waals surface area contributed by atoms with Gasteiger partial charge in [0, 0.05) is 6.42 Å². The number of halogens is 1. The molecule has 0 aliphatic rings. The molecule has 2 aromatic carbocycles. The predicted molar refractivity (Wildman–Crippen MR) is 99.1 cm³/mol.